The van der Waals surface area contributed by atoms with Crippen LogP contribution < -0.4 is 5.32 Å². The molecule has 0 aliphatic heterocycles. The Balaban J connectivity index is 1.85. The number of aromatic amines is 1. The number of aromatic nitrogens is 3. The summed E-state index contributed by atoms with van der Waals surface area (Å²) < 4.78 is 0. The zero-order valence-electron chi connectivity index (χ0n) is 10.4. The fourth-order valence-corrected chi connectivity index (χ4v) is 2.38. The highest BCUT2D eigenvalue weighted by Gasteiger charge is 2.17. The van der Waals surface area contributed by atoms with Crippen molar-refractivity contribution < 1.29 is 0 Å². The van der Waals surface area contributed by atoms with Gasteiger partial charge in [0.25, 0.3) is 0 Å². The number of nitrogens with one attached hydrogen (secondary N) is 2. The lowest BCUT2D eigenvalue weighted by Gasteiger charge is -2.13. The van der Waals surface area contributed by atoms with Gasteiger partial charge in [-0.1, -0.05) is 20.8 Å². The van der Waals surface area contributed by atoms with Gasteiger partial charge in [0.05, 0.1) is 11.3 Å². The van der Waals surface area contributed by atoms with Gasteiger partial charge in [0.1, 0.15) is 0 Å². The molecule has 2 aromatic heterocycles. The summed E-state index contributed by atoms with van der Waals surface area (Å²) in [5.74, 6) is 0. The number of thiazole rings is 1. The van der Waals surface area contributed by atoms with Gasteiger partial charge in [-0.3, -0.25) is 0 Å². The van der Waals surface area contributed by atoms with Crippen molar-refractivity contribution in [3.8, 4) is 0 Å². The molecule has 0 saturated heterocycles. The molecule has 17 heavy (non-hydrogen) atoms. The zero-order chi connectivity index (χ0) is 12.3. The molecule has 0 amide bonds. The number of H-pyrrole nitrogens is 1. The fraction of sp³-hybridized carbons (Fsp3) is 0.500. The first-order valence-electron chi connectivity index (χ1n) is 5.69. The van der Waals surface area contributed by atoms with E-state index >= 15 is 0 Å². The van der Waals surface area contributed by atoms with E-state index in [1.807, 2.05) is 12.4 Å². The first-order chi connectivity index (χ1) is 8.05. The highest BCUT2D eigenvalue weighted by atomic mass is 32.1. The van der Waals surface area contributed by atoms with Crippen LogP contribution in [0.1, 0.15) is 36.3 Å². The number of hydrogen-bond acceptors (Lipinski definition) is 4. The molecule has 0 spiro atoms. The van der Waals surface area contributed by atoms with Crippen LogP contribution in [0.15, 0.2) is 18.7 Å². The molecule has 0 atom stereocenters. The van der Waals surface area contributed by atoms with Crippen LogP contribution in [0.3, 0.4) is 0 Å². The van der Waals surface area contributed by atoms with Gasteiger partial charge in [-0.05, 0) is 0 Å². The van der Waals surface area contributed by atoms with Gasteiger partial charge in [-0.25, -0.2) is 9.97 Å². The van der Waals surface area contributed by atoms with Crippen LogP contribution in [0.2, 0.25) is 0 Å². The summed E-state index contributed by atoms with van der Waals surface area (Å²) in [5.41, 5.74) is 1.25. The summed E-state index contributed by atoms with van der Waals surface area (Å²) in [4.78, 5) is 12.8. The minimum Gasteiger partial charge on any atom is -0.347 e. The number of nitrogens with zero attached hydrogens (tertiary/aromatic N) is 2. The van der Waals surface area contributed by atoms with Crippen molar-refractivity contribution in [2.45, 2.75) is 39.3 Å². The number of rotatable bonds is 4. The Morgan fingerprint density at radius 1 is 1.29 bits per heavy atom. The van der Waals surface area contributed by atoms with Gasteiger partial charge < -0.3 is 10.3 Å². The molecule has 0 bridgehead atoms. The molecule has 0 unspecified atom stereocenters. The van der Waals surface area contributed by atoms with Crippen LogP contribution in [0.5, 0.6) is 0 Å². The van der Waals surface area contributed by atoms with Crippen LogP contribution in [-0.2, 0) is 18.5 Å². The minimum atomic E-state index is 0.145. The lowest BCUT2D eigenvalue weighted by Crippen LogP contribution is -2.12. The molecule has 0 saturated carbocycles. The monoisotopic (exact) mass is 250 g/mol. The maximum Gasteiger partial charge on any atom is 0.0981 e. The van der Waals surface area contributed by atoms with Crippen molar-refractivity contribution >= 4 is 11.3 Å². The highest BCUT2D eigenvalue weighted by molar-refractivity contribution is 7.11. The van der Waals surface area contributed by atoms with E-state index in [9.17, 15) is 0 Å². The molecule has 2 N–H and O–H groups in total. The molecule has 0 aromatic carbocycles. The standard InChI is InChI=1S/C12H18N4S/c1-12(2,3)11-15-7-10(17-11)6-13-4-9-5-14-8-16-9/h5,7-8,13H,4,6H2,1-3H3,(H,14,16). The number of imidazole rings is 1. The lowest BCUT2D eigenvalue weighted by molar-refractivity contribution is 0.585. The van der Waals surface area contributed by atoms with E-state index in [0.29, 0.717) is 0 Å². The first kappa shape index (κ1) is 12.3. The van der Waals surface area contributed by atoms with E-state index in [2.05, 4.69) is 41.0 Å². The van der Waals surface area contributed by atoms with Gasteiger partial charge in [0.15, 0.2) is 0 Å². The second-order valence-electron chi connectivity index (χ2n) is 5.06. The lowest BCUT2D eigenvalue weighted by atomic mass is 9.98. The van der Waals surface area contributed by atoms with Gasteiger partial charge in [-0.2, -0.15) is 0 Å². The van der Waals surface area contributed by atoms with E-state index in [-0.39, 0.29) is 5.41 Å². The zero-order valence-corrected chi connectivity index (χ0v) is 11.3. The molecule has 0 radical (unpaired) electrons. The van der Waals surface area contributed by atoms with Crippen LogP contribution in [-0.4, -0.2) is 15.0 Å². The van der Waals surface area contributed by atoms with Crippen LogP contribution in [0, 0.1) is 0 Å². The van der Waals surface area contributed by atoms with Crippen molar-refractivity contribution in [2.24, 2.45) is 0 Å². The Hall–Kier alpha value is -1.20. The van der Waals surface area contributed by atoms with E-state index < -0.39 is 0 Å². The topological polar surface area (TPSA) is 53.6 Å². The molecule has 0 fully saturated rings. The second kappa shape index (κ2) is 4.98. The number of hydrogen-bond donors (Lipinski definition) is 2. The smallest absolute Gasteiger partial charge is 0.0981 e. The molecule has 0 aliphatic carbocycles. The molecular weight excluding hydrogens is 232 g/mol. The third-order valence-corrected chi connectivity index (χ3v) is 3.79. The Kier molecular flexibility index (Phi) is 3.59. The fourth-order valence-electron chi connectivity index (χ4n) is 1.44. The van der Waals surface area contributed by atoms with E-state index in [1.54, 1.807) is 17.7 Å². The average molecular weight is 250 g/mol. The van der Waals surface area contributed by atoms with E-state index in [0.717, 1.165) is 18.8 Å². The SMILES string of the molecule is CC(C)(C)c1ncc(CNCc2cnc[nH]2)s1. The molecule has 0 aliphatic rings. The second-order valence-corrected chi connectivity index (χ2v) is 6.18. The highest BCUT2D eigenvalue weighted by Crippen LogP contribution is 2.26. The van der Waals surface area contributed by atoms with Crippen molar-refractivity contribution in [1.82, 2.24) is 20.3 Å². The summed E-state index contributed by atoms with van der Waals surface area (Å²) >= 11 is 1.78. The van der Waals surface area contributed by atoms with Crippen molar-refractivity contribution in [3.05, 3.63) is 34.3 Å². The molecule has 2 aromatic rings. The molecule has 92 valence electrons. The Morgan fingerprint density at radius 3 is 2.71 bits per heavy atom. The van der Waals surface area contributed by atoms with Crippen LogP contribution >= 0.6 is 11.3 Å². The largest absolute Gasteiger partial charge is 0.347 e. The van der Waals surface area contributed by atoms with Gasteiger partial charge >= 0.3 is 0 Å². The average Bonchev–Trinajstić information content (AvgIpc) is 2.86. The van der Waals surface area contributed by atoms with Gasteiger partial charge in [-0.15, -0.1) is 11.3 Å². The van der Waals surface area contributed by atoms with Crippen LogP contribution in [0.4, 0.5) is 0 Å². The Morgan fingerprint density at radius 2 is 2.12 bits per heavy atom. The summed E-state index contributed by atoms with van der Waals surface area (Å²) in [5, 5.41) is 4.56. The van der Waals surface area contributed by atoms with Crippen LogP contribution in [0.25, 0.3) is 0 Å². The molecular formula is C12H18N4S. The molecule has 2 rings (SSSR count). The van der Waals surface area contributed by atoms with Gasteiger partial charge in [0, 0.05) is 41.5 Å². The predicted molar refractivity (Wildman–Crippen MR) is 69.9 cm³/mol. The normalized spacial score (nSPS) is 11.9. The van der Waals surface area contributed by atoms with Crippen molar-refractivity contribution in [2.75, 3.05) is 0 Å². The quantitative estimate of drug-likeness (QED) is 0.876. The molecule has 4 nitrogen and oxygen atoms in total. The van der Waals surface area contributed by atoms with E-state index in [4.69, 9.17) is 0 Å². The van der Waals surface area contributed by atoms with Gasteiger partial charge in [0.2, 0.25) is 0 Å². The minimum absolute atomic E-state index is 0.145. The summed E-state index contributed by atoms with van der Waals surface area (Å²) in [6, 6.07) is 0. The summed E-state index contributed by atoms with van der Waals surface area (Å²) in [6.07, 6.45) is 5.49. The van der Waals surface area contributed by atoms with E-state index in [1.165, 1.54) is 9.88 Å². The van der Waals surface area contributed by atoms with Crippen molar-refractivity contribution in [3.63, 3.8) is 0 Å². The Bertz CT molecular complexity index is 453. The molecule has 2 heterocycles. The molecule has 5 heteroatoms. The third kappa shape index (κ3) is 3.38. The maximum absolute atomic E-state index is 4.46. The summed E-state index contributed by atoms with van der Waals surface area (Å²) in [7, 11) is 0. The maximum atomic E-state index is 4.46. The third-order valence-electron chi connectivity index (χ3n) is 2.36. The summed E-state index contributed by atoms with van der Waals surface area (Å²) in [6.45, 7) is 8.23. The van der Waals surface area contributed by atoms with Crippen molar-refractivity contribution in [1.29, 1.82) is 0 Å². The first-order valence-corrected chi connectivity index (χ1v) is 6.50. The predicted octanol–water partition coefficient (Wildman–Crippen LogP) is 2.45. The Labute approximate surface area is 106 Å².